The molecule has 0 spiro atoms. The summed E-state index contributed by atoms with van der Waals surface area (Å²) < 4.78 is 16.7. The van der Waals surface area contributed by atoms with E-state index in [4.69, 9.17) is 14.2 Å². The van der Waals surface area contributed by atoms with Crippen LogP contribution in [0.25, 0.3) is 0 Å². The van der Waals surface area contributed by atoms with E-state index in [0.29, 0.717) is 6.42 Å². The van der Waals surface area contributed by atoms with Gasteiger partial charge in [0.1, 0.15) is 23.1 Å². The Morgan fingerprint density at radius 1 is 0.875 bits per heavy atom. The van der Waals surface area contributed by atoms with Gasteiger partial charge in [0.2, 0.25) is 5.91 Å². The summed E-state index contributed by atoms with van der Waals surface area (Å²) in [4.78, 5) is 24.9. The van der Waals surface area contributed by atoms with Crippen LogP contribution in [0.1, 0.15) is 76.1 Å². The van der Waals surface area contributed by atoms with Crippen molar-refractivity contribution in [1.82, 2.24) is 10.6 Å². The fraction of sp³-hybridized carbons (Fsp3) is 0.680. The van der Waals surface area contributed by atoms with Crippen molar-refractivity contribution < 1.29 is 23.8 Å². The zero-order valence-electron chi connectivity index (χ0n) is 21.5. The van der Waals surface area contributed by atoms with E-state index in [0.717, 1.165) is 53.0 Å². The molecule has 0 heterocycles. The first-order valence-corrected chi connectivity index (χ1v) is 11.3. The van der Waals surface area contributed by atoms with Crippen molar-refractivity contribution in [1.29, 1.82) is 0 Å². The normalized spacial score (nSPS) is 12.3. The summed E-state index contributed by atoms with van der Waals surface area (Å²) in [6, 6.07) is -0.662. The van der Waals surface area contributed by atoms with E-state index >= 15 is 0 Å². The van der Waals surface area contributed by atoms with Gasteiger partial charge in [0, 0.05) is 11.6 Å². The summed E-state index contributed by atoms with van der Waals surface area (Å²) in [5.41, 5.74) is 3.73. The molecule has 0 saturated heterocycles. The highest BCUT2D eigenvalue weighted by molar-refractivity contribution is 5.85. The van der Waals surface area contributed by atoms with Crippen LogP contribution in [0.4, 0.5) is 4.79 Å². The van der Waals surface area contributed by atoms with Gasteiger partial charge in [-0.3, -0.25) is 4.79 Å². The molecule has 0 saturated carbocycles. The van der Waals surface area contributed by atoms with Crippen molar-refractivity contribution in [2.45, 2.75) is 98.8 Å². The Morgan fingerprint density at radius 3 is 1.94 bits per heavy atom. The number of rotatable bonds is 10. The van der Waals surface area contributed by atoms with Crippen LogP contribution in [-0.4, -0.2) is 43.9 Å². The first-order valence-electron chi connectivity index (χ1n) is 11.3. The number of carbonyl (C=O) groups excluding carboxylic acids is 2. The van der Waals surface area contributed by atoms with Crippen LogP contribution in [0, 0.1) is 20.8 Å². The van der Waals surface area contributed by atoms with E-state index in [-0.39, 0.29) is 11.9 Å². The highest BCUT2D eigenvalue weighted by Gasteiger charge is 2.25. The lowest BCUT2D eigenvalue weighted by atomic mass is 9.93. The lowest BCUT2D eigenvalue weighted by Gasteiger charge is -2.24. The predicted molar refractivity (Wildman–Crippen MR) is 128 cm³/mol. The zero-order chi connectivity index (χ0) is 24.6. The van der Waals surface area contributed by atoms with Crippen LogP contribution in [0.3, 0.4) is 0 Å². The molecule has 182 valence electrons. The Hall–Kier alpha value is -2.44. The summed E-state index contributed by atoms with van der Waals surface area (Å²) in [6.07, 6.45) is 2.31. The molecule has 0 bridgehead atoms. The van der Waals surface area contributed by atoms with E-state index in [1.165, 1.54) is 0 Å². The number of hydrogen-bond donors (Lipinski definition) is 2. The van der Waals surface area contributed by atoms with Crippen molar-refractivity contribution in [2.24, 2.45) is 0 Å². The van der Waals surface area contributed by atoms with E-state index < -0.39 is 17.7 Å². The van der Waals surface area contributed by atoms with Gasteiger partial charge in [-0.2, -0.15) is 0 Å². The number of amides is 2. The number of methoxy groups -OCH3 is 2. The topological polar surface area (TPSA) is 85.9 Å². The van der Waals surface area contributed by atoms with Crippen molar-refractivity contribution in [2.75, 3.05) is 14.2 Å². The highest BCUT2D eigenvalue weighted by Crippen LogP contribution is 2.38. The van der Waals surface area contributed by atoms with Gasteiger partial charge in [-0.25, -0.2) is 4.79 Å². The minimum absolute atomic E-state index is 0.0136. The molecule has 0 fully saturated rings. The number of hydrogen-bond acceptors (Lipinski definition) is 5. The zero-order valence-corrected chi connectivity index (χ0v) is 21.5. The predicted octanol–water partition coefficient (Wildman–Crippen LogP) is 4.76. The molecule has 1 rings (SSSR count). The molecule has 1 atom stereocenters. The third-order valence-corrected chi connectivity index (χ3v) is 5.33. The lowest BCUT2D eigenvalue weighted by molar-refractivity contribution is -0.123. The molecule has 1 aromatic rings. The maximum absolute atomic E-state index is 12.6. The number of benzene rings is 1. The third-order valence-electron chi connectivity index (χ3n) is 5.33. The first-order chi connectivity index (χ1) is 14.8. The Kier molecular flexibility index (Phi) is 10.3. The molecule has 0 unspecified atom stereocenters. The van der Waals surface area contributed by atoms with E-state index in [1.54, 1.807) is 35.0 Å². The molecule has 1 aromatic carbocycles. The fourth-order valence-electron chi connectivity index (χ4n) is 3.79. The van der Waals surface area contributed by atoms with Gasteiger partial charge in [-0.05, 0) is 91.3 Å². The average Bonchev–Trinajstić information content (AvgIpc) is 2.66. The van der Waals surface area contributed by atoms with Crippen molar-refractivity contribution >= 4 is 12.0 Å². The minimum atomic E-state index is -0.649. The number of ether oxygens (including phenoxy) is 3. The molecule has 0 aliphatic rings. The van der Waals surface area contributed by atoms with Crippen molar-refractivity contribution in [3.8, 4) is 11.5 Å². The molecule has 0 radical (unpaired) electrons. The molecule has 0 aliphatic carbocycles. The van der Waals surface area contributed by atoms with Gasteiger partial charge in [0.15, 0.2) is 0 Å². The van der Waals surface area contributed by atoms with E-state index in [2.05, 4.69) is 10.6 Å². The lowest BCUT2D eigenvalue weighted by Crippen LogP contribution is -2.49. The second kappa shape index (κ2) is 12.0. The van der Waals surface area contributed by atoms with Crippen LogP contribution >= 0.6 is 0 Å². The Bertz CT molecular complexity index is 797. The molecule has 2 N–H and O–H groups in total. The van der Waals surface area contributed by atoms with Gasteiger partial charge in [0.05, 0.1) is 14.2 Å². The van der Waals surface area contributed by atoms with Gasteiger partial charge in [-0.15, -0.1) is 0 Å². The summed E-state index contributed by atoms with van der Waals surface area (Å²) in [5.74, 6) is 1.58. The summed E-state index contributed by atoms with van der Waals surface area (Å²) >= 11 is 0. The summed E-state index contributed by atoms with van der Waals surface area (Å²) in [7, 11) is 3.37. The number of alkyl carbamates (subject to hydrolysis) is 1. The number of unbranched alkanes of at least 4 members (excludes halogenated alkanes) is 1. The molecule has 32 heavy (non-hydrogen) atoms. The van der Waals surface area contributed by atoms with Gasteiger partial charge >= 0.3 is 6.09 Å². The van der Waals surface area contributed by atoms with Gasteiger partial charge < -0.3 is 24.8 Å². The van der Waals surface area contributed by atoms with E-state index in [9.17, 15) is 9.59 Å². The summed E-state index contributed by atoms with van der Waals surface area (Å²) in [5, 5.41) is 5.61. The van der Waals surface area contributed by atoms with Crippen LogP contribution < -0.4 is 20.1 Å². The second-order valence-corrected chi connectivity index (χ2v) is 9.53. The minimum Gasteiger partial charge on any atom is -0.496 e. The van der Waals surface area contributed by atoms with Crippen LogP contribution in [0.2, 0.25) is 0 Å². The first kappa shape index (κ1) is 27.6. The van der Waals surface area contributed by atoms with Gasteiger partial charge in [0.25, 0.3) is 0 Å². The quantitative estimate of drug-likeness (QED) is 0.502. The fourth-order valence-corrected chi connectivity index (χ4v) is 3.79. The maximum Gasteiger partial charge on any atom is 0.408 e. The largest absolute Gasteiger partial charge is 0.496 e. The smallest absolute Gasteiger partial charge is 0.408 e. The molecule has 7 nitrogen and oxygen atoms in total. The standard InChI is InChI=1S/C25H42N2O5/c1-15(2)26-23(28)20(27-24(29)32-25(6,7)8)14-12-11-13-19-18(5)21(30-9)16(3)17(4)22(19)31-10/h15,20H,11-14H2,1-10H3,(H,26,28)(H,27,29)/t20-/m0/s1. The SMILES string of the molecule is COc1c(C)c(C)c(OC)c(CCCC[C@H](NC(=O)OC(C)(C)C)C(=O)NC(C)C)c1C. The molecule has 0 aliphatic heterocycles. The highest BCUT2D eigenvalue weighted by atomic mass is 16.6. The van der Waals surface area contributed by atoms with Crippen molar-refractivity contribution in [3.05, 3.63) is 22.3 Å². The summed E-state index contributed by atoms with van der Waals surface area (Å²) in [6.45, 7) is 15.3. The molecular formula is C25H42N2O5. The van der Waals surface area contributed by atoms with Crippen molar-refractivity contribution in [3.63, 3.8) is 0 Å². The Balaban J connectivity index is 2.89. The van der Waals surface area contributed by atoms with Crippen LogP contribution in [0.5, 0.6) is 11.5 Å². The molecular weight excluding hydrogens is 408 g/mol. The Labute approximate surface area is 193 Å². The maximum atomic E-state index is 12.6. The van der Waals surface area contributed by atoms with E-state index in [1.807, 2.05) is 34.6 Å². The third kappa shape index (κ3) is 7.92. The average molecular weight is 451 g/mol. The monoisotopic (exact) mass is 450 g/mol. The Morgan fingerprint density at radius 2 is 1.44 bits per heavy atom. The second-order valence-electron chi connectivity index (χ2n) is 9.53. The molecule has 7 heteroatoms. The number of nitrogens with one attached hydrogen (secondary N) is 2. The van der Waals surface area contributed by atoms with Gasteiger partial charge in [-0.1, -0.05) is 6.42 Å². The van der Waals surface area contributed by atoms with Crippen LogP contribution in [-0.2, 0) is 16.0 Å². The number of carbonyl (C=O) groups is 2. The molecule has 2 amide bonds. The molecule has 0 aromatic heterocycles. The van der Waals surface area contributed by atoms with Crippen LogP contribution in [0.15, 0.2) is 0 Å².